The highest BCUT2D eigenvalue weighted by molar-refractivity contribution is 5.71. The van der Waals surface area contributed by atoms with Crippen LogP contribution >= 0.6 is 0 Å². The molecule has 0 aliphatic carbocycles. The molecule has 1 saturated heterocycles. The molecular formula is C18H21N3O4. The number of aliphatic hydroxyl groups excluding tert-OH is 1. The smallest absolute Gasteiger partial charge is 0.295 e. The highest BCUT2D eigenvalue weighted by Crippen LogP contribution is 2.31. The zero-order chi connectivity index (χ0) is 17.8. The molecule has 25 heavy (non-hydrogen) atoms. The van der Waals surface area contributed by atoms with Gasteiger partial charge in [0.05, 0.1) is 30.3 Å². The second-order valence-electron chi connectivity index (χ2n) is 6.17. The van der Waals surface area contributed by atoms with Crippen molar-refractivity contribution in [2.24, 2.45) is 0 Å². The fraction of sp³-hybridized carbons (Fsp3) is 0.389. The number of nitrogens with zero attached hydrogens (tertiary/aromatic N) is 3. The number of benzene rings is 1. The zero-order valence-corrected chi connectivity index (χ0v) is 14.0. The lowest BCUT2D eigenvalue weighted by atomic mass is 10.1. The van der Waals surface area contributed by atoms with E-state index < -0.39 is 11.0 Å². The van der Waals surface area contributed by atoms with Gasteiger partial charge in [0.1, 0.15) is 5.82 Å². The number of ether oxygens (including phenoxy) is 1. The Hall–Kier alpha value is -2.51. The first-order valence-corrected chi connectivity index (χ1v) is 8.29. The Kier molecular flexibility index (Phi) is 5.25. The number of nitro groups is 1. The van der Waals surface area contributed by atoms with Gasteiger partial charge in [0.25, 0.3) is 5.69 Å². The minimum absolute atomic E-state index is 0.00803. The molecule has 0 bridgehead atoms. The molecule has 1 N–H and O–H groups in total. The number of pyridine rings is 1. The fourth-order valence-corrected chi connectivity index (χ4v) is 3.10. The summed E-state index contributed by atoms with van der Waals surface area (Å²) in [5.41, 5.74) is 1.04. The summed E-state index contributed by atoms with van der Waals surface area (Å²) in [5, 5.41) is 21.1. The summed E-state index contributed by atoms with van der Waals surface area (Å²) in [6.45, 7) is 3.45. The van der Waals surface area contributed by atoms with Crippen LogP contribution in [0.15, 0.2) is 42.5 Å². The Bertz CT molecular complexity index is 736. The van der Waals surface area contributed by atoms with Gasteiger partial charge in [0.2, 0.25) is 0 Å². The molecule has 0 radical (unpaired) electrons. The van der Waals surface area contributed by atoms with E-state index >= 15 is 0 Å². The molecule has 2 heterocycles. The molecule has 1 aromatic carbocycles. The van der Waals surface area contributed by atoms with Crippen molar-refractivity contribution in [1.29, 1.82) is 0 Å². The lowest BCUT2D eigenvalue weighted by Crippen LogP contribution is -2.47. The predicted octanol–water partition coefficient (Wildman–Crippen LogP) is 2.63. The third kappa shape index (κ3) is 3.94. The van der Waals surface area contributed by atoms with Crippen LogP contribution < -0.4 is 4.90 Å². The molecule has 2 atom stereocenters. The Morgan fingerprint density at radius 3 is 2.80 bits per heavy atom. The van der Waals surface area contributed by atoms with E-state index in [-0.39, 0.29) is 11.7 Å². The molecule has 2 aromatic rings. The van der Waals surface area contributed by atoms with Gasteiger partial charge in [0.15, 0.2) is 5.69 Å². The van der Waals surface area contributed by atoms with Crippen LogP contribution in [0.3, 0.4) is 0 Å². The molecule has 1 fully saturated rings. The molecule has 7 heteroatoms. The van der Waals surface area contributed by atoms with Crippen molar-refractivity contribution in [3.63, 3.8) is 0 Å². The molecule has 0 spiro atoms. The maximum Gasteiger partial charge on any atom is 0.295 e. The van der Waals surface area contributed by atoms with Gasteiger partial charge in [-0.2, -0.15) is 0 Å². The van der Waals surface area contributed by atoms with E-state index in [1.807, 2.05) is 30.3 Å². The van der Waals surface area contributed by atoms with Crippen LogP contribution in [0, 0.1) is 10.1 Å². The number of morpholine rings is 1. The number of aromatic nitrogens is 1. The van der Waals surface area contributed by atoms with Crippen LogP contribution in [-0.4, -0.2) is 46.9 Å². The van der Waals surface area contributed by atoms with E-state index in [4.69, 9.17) is 4.74 Å². The average Bonchev–Trinajstić information content (AvgIpc) is 2.62. The summed E-state index contributed by atoms with van der Waals surface area (Å²) in [6, 6.07) is 12.3. The van der Waals surface area contributed by atoms with Crippen LogP contribution in [0.5, 0.6) is 0 Å². The van der Waals surface area contributed by atoms with E-state index in [9.17, 15) is 15.2 Å². The standard InChI is InChI=1S/C18H21N3O4/c1-13(22)11-15-12-25-10-9-20(15)17-8-7-16(21(23)24)18(19-17)14-5-3-2-4-6-14/h2-8,13,15,22H,9-12H2,1H3. The minimum atomic E-state index is -0.458. The molecule has 132 valence electrons. The van der Waals surface area contributed by atoms with Crippen molar-refractivity contribution in [3.05, 3.63) is 52.6 Å². The normalized spacial score (nSPS) is 18.8. The Labute approximate surface area is 146 Å². The lowest BCUT2D eigenvalue weighted by molar-refractivity contribution is -0.384. The van der Waals surface area contributed by atoms with Crippen LogP contribution in [0.4, 0.5) is 11.5 Å². The molecule has 1 aliphatic heterocycles. The summed E-state index contributed by atoms with van der Waals surface area (Å²) in [5.74, 6) is 0.665. The summed E-state index contributed by atoms with van der Waals surface area (Å²) < 4.78 is 5.52. The monoisotopic (exact) mass is 343 g/mol. The van der Waals surface area contributed by atoms with Crippen LogP contribution in [-0.2, 0) is 4.74 Å². The Morgan fingerprint density at radius 2 is 2.12 bits per heavy atom. The van der Waals surface area contributed by atoms with E-state index in [1.54, 1.807) is 13.0 Å². The van der Waals surface area contributed by atoms with Gasteiger partial charge < -0.3 is 14.7 Å². The molecular weight excluding hydrogens is 322 g/mol. The molecule has 1 aromatic heterocycles. The summed E-state index contributed by atoms with van der Waals surface area (Å²) in [6.07, 6.45) is 0.0973. The van der Waals surface area contributed by atoms with E-state index in [1.165, 1.54) is 6.07 Å². The third-order valence-corrected chi connectivity index (χ3v) is 4.24. The highest BCUT2D eigenvalue weighted by atomic mass is 16.6. The maximum atomic E-state index is 11.4. The number of hydrogen-bond donors (Lipinski definition) is 1. The summed E-state index contributed by atoms with van der Waals surface area (Å²) in [7, 11) is 0. The second-order valence-corrected chi connectivity index (χ2v) is 6.17. The zero-order valence-electron chi connectivity index (χ0n) is 14.0. The molecule has 2 unspecified atom stereocenters. The van der Waals surface area contributed by atoms with Crippen molar-refractivity contribution in [3.8, 4) is 11.3 Å². The second kappa shape index (κ2) is 7.58. The SMILES string of the molecule is CC(O)CC1COCCN1c1ccc([N+](=O)[O-])c(-c2ccccc2)n1. The number of aliphatic hydroxyl groups is 1. The van der Waals surface area contributed by atoms with Gasteiger partial charge in [-0.25, -0.2) is 4.98 Å². The van der Waals surface area contributed by atoms with E-state index in [0.29, 0.717) is 43.3 Å². The third-order valence-electron chi connectivity index (χ3n) is 4.24. The largest absolute Gasteiger partial charge is 0.393 e. The topological polar surface area (TPSA) is 88.7 Å². The lowest BCUT2D eigenvalue weighted by Gasteiger charge is -2.37. The first kappa shape index (κ1) is 17.3. The molecule has 3 rings (SSSR count). The number of anilines is 1. The summed E-state index contributed by atoms with van der Waals surface area (Å²) >= 11 is 0. The van der Waals surface area contributed by atoms with Crippen molar-refractivity contribution in [2.75, 3.05) is 24.7 Å². The molecule has 7 nitrogen and oxygen atoms in total. The summed E-state index contributed by atoms with van der Waals surface area (Å²) in [4.78, 5) is 17.6. The van der Waals surface area contributed by atoms with Crippen LogP contribution in [0.1, 0.15) is 13.3 Å². The van der Waals surface area contributed by atoms with Gasteiger partial charge in [0, 0.05) is 18.2 Å². The molecule has 1 aliphatic rings. The average molecular weight is 343 g/mol. The number of rotatable bonds is 5. The van der Waals surface area contributed by atoms with Crippen LogP contribution in [0.25, 0.3) is 11.3 Å². The Morgan fingerprint density at radius 1 is 1.36 bits per heavy atom. The van der Waals surface area contributed by atoms with Gasteiger partial charge >= 0.3 is 0 Å². The van der Waals surface area contributed by atoms with Crippen molar-refractivity contribution in [1.82, 2.24) is 4.98 Å². The Balaban J connectivity index is 2.00. The fourth-order valence-electron chi connectivity index (χ4n) is 3.10. The van der Waals surface area contributed by atoms with Crippen molar-refractivity contribution >= 4 is 11.5 Å². The van der Waals surface area contributed by atoms with Crippen molar-refractivity contribution in [2.45, 2.75) is 25.5 Å². The highest BCUT2D eigenvalue weighted by Gasteiger charge is 2.27. The first-order valence-electron chi connectivity index (χ1n) is 8.29. The first-order chi connectivity index (χ1) is 12.1. The minimum Gasteiger partial charge on any atom is -0.393 e. The van der Waals surface area contributed by atoms with Crippen LogP contribution in [0.2, 0.25) is 0 Å². The van der Waals surface area contributed by atoms with Gasteiger partial charge in [-0.05, 0) is 19.4 Å². The molecule has 0 saturated carbocycles. The maximum absolute atomic E-state index is 11.4. The van der Waals surface area contributed by atoms with Gasteiger partial charge in [-0.15, -0.1) is 0 Å². The van der Waals surface area contributed by atoms with Crippen molar-refractivity contribution < 1.29 is 14.8 Å². The van der Waals surface area contributed by atoms with E-state index in [0.717, 1.165) is 0 Å². The molecule has 0 amide bonds. The number of hydrogen-bond acceptors (Lipinski definition) is 6. The predicted molar refractivity (Wildman–Crippen MR) is 94.6 cm³/mol. The van der Waals surface area contributed by atoms with Gasteiger partial charge in [-0.3, -0.25) is 10.1 Å². The van der Waals surface area contributed by atoms with E-state index in [2.05, 4.69) is 9.88 Å². The van der Waals surface area contributed by atoms with Gasteiger partial charge in [-0.1, -0.05) is 30.3 Å². The quantitative estimate of drug-likeness (QED) is 0.663.